The van der Waals surface area contributed by atoms with Crippen molar-refractivity contribution < 1.29 is 0 Å². The number of fused-ring (bicyclic) bond motifs is 1. The number of nitrogens with one attached hydrogen (secondary N) is 1. The van der Waals surface area contributed by atoms with Gasteiger partial charge in [0.15, 0.2) is 5.17 Å². The number of nitrogens with zero attached hydrogens (tertiary/aromatic N) is 3. The third kappa shape index (κ3) is 2.51. The van der Waals surface area contributed by atoms with E-state index in [0.717, 1.165) is 37.6 Å². The van der Waals surface area contributed by atoms with Crippen molar-refractivity contribution >= 4 is 51.3 Å². The quantitative estimate of drug-likeness (QED) is 0.632. The lowest BCUT2D eigenvalue weighted by molar-refractivity contribution is 0.131. The number of alkyl halides is 1. The molecular weight excluding hydrogens is 319 g/mol. The molecular formula is C13H15Cl3N4. The first-order valence-corrected chi connectivity index (χ1v) is 7.57. The van der Waals surface area contributed by atoms with Crippen LogP contribution in [-0.2, 0) is 0 Å². The van der Waals surface area contributed by atoms with Gasteiger partial charge in [-0.25, -0.2) is 4.99 Å². The minimum Gasteiger partial charge on any atom is -0.347 e. The van der Waals surface area contributed by atoms with E-state index >= 15 is 0 Å². The molecule has 20 heavy (non-hydrogen) atoms. The van der Waals surface area contributed by atoms with Gasteiger partial charge in [-0.3, -0.25) is 4.90 Å². The smallest absolute Gasteiger partial charge is 0.223 e. The Morgan fingerprint density at radius 2 is 1.90 bits per heavy atom. The first kappa shape index (κ1) is 14.4. The lowest BCUT2D eigenvalue weighted by Gasteiger charge is -2.44. The van der Waals surface area contributed by atoms with Gasteiger partial charge in [0.25, 0.3) is 0 Å². The van der Waals surface area contributed by atoms with E-state index in [4.69, 9.17) is 34.8 Å². The highest BCUT2D eigenvalue weighted by Gasteiger charge is 2.43. The van der Waals surface area contributed by atoms with Crippen molar-refractivity contribution in [3.8, 4) is 0 Å². The molecule has 7 heteroatoms. The van der Waals surface area contributed by atoms with Gasteiger partial charge in [0.1, 0.15) is 0 Å². The van der Waals surface area contributed by atoms with Crippen molar-refractivity contribution in [1.29, 1.82) is 0 Å². The number of hydrogen-bond acceptors (Lipinski definition) is 4. The minimum atomic E-state index is -0.986. The summed E-state index contributed by atoms with van der Waals surface area (Å²) in [4.78, 5) is 8.77. The summed E-state index contributed by atoms with van der Waals surface area (Å²) in [5, 5.41) is 3.28. The van der Waals surface area contributed by atoms with Crippen LogP contribution in [0.25, 0.3) is 0 Å². The molecule has 1 fully saturated rings. The molecule has 108 valence electrons. The summed E-state index contributed by atoms with van der Waals surface area (Å²) in [5.41, 5.74) is 1.56. The summed E-state index contributed by atoms with van der Waals surface area (Å²) in [7, 11) is 2.09. The Morgan fingerprint density at radius 3 is 2.60 bits per heavy atom. The van der Waals surface area contributed by atoms with Crippen LogP contribution in [0.2, 0.25) is 5.02 Å². The van der Waals surface area contributed by atoms with Crippen molar-refractivity contribution in [2.24, 2.45) is 4.99 Å². The number of benzene rings is 1. The molecule has 1 unspecified atom stereocenters. The topological polar surface area (TPSA) is 30.9 Å². The highest BCUT2D eigenvalue weighted by atomic mass is 35.5. The van der Waals surface area contributed by atoms with Crippen LogP contribution in [-0.4, -0.2) is 53.3 Å². The molecule has 1 aromatic rings. The lowest BCUT2D eigenvalue weighted by Crippen LogP contribution is -2.60. The van der Waals surface area contributed by atoms with E-state index in [1.54, 1.807) is 6.07 Å². The number of likely N-dealkylation sites (N-methyl/N-ethyl adjacent to an activating group) is 1. The maximum Gasteiger partial charge on any atom is 0.223 e. The molecule has 2 aliphatic heterocycles. The minimum absolute atomic E-state index is 0.346. The van der Waals surface area contributed by atoms with Crippen molar-refractivity contribution in [2.45, 2.75) is 5.12 Å². The molecule has 0 spiro atoms. The first-order valence-electron chi connectivity index (χ1n) is 6.44. The molecule has 1 N–H and O–H groups in total. The molecule has 0 amide bonds. The van der Waals surface area contributed by atoms with E-state index in [2.05, 4.69) is 27.2 Å². The largest absolute Gasteiger partial charge is 0.347 e. The summed E-state index contributed by atoms with van der Waals surface area (Å²) in [6.07, 6.45) is 0. The van der Waals surface area contributed by atoms with Gasteiger partial charge in [-0.1, -0.05) is 34.8 Å². The normalized spacial score (nSPS) is 27.7. The Kier molecular flexibility index (Phi) is 3.86. The number of anilines is 1. The highest BCUT2D eigenvalue weighted by Crippen LogP contribution is 2.40. The monoisotopic (exact) mass is 332 g/mol. The van der Waals surface area contributed by atoms with Crippen molar-refractivity contribution in [3.05, 3.63) is 23.2 Å². The molecule has 0 aromatic heterocycles. The van der Waals surface area contributed by atoms with E-state index in [0.29, 0.717) is 10.2 Å². The van der Waals surface area contributed by atoms with Gasteiger partial charge in [0.2, 0.25) is 5.12 Å². The van der Waals surface area contributed by atoms with E-state index in [1.165, 1.54) is 0 Å². The van der Waals surface area contributed by atoms with Crippen molar-refractivity contribution in [1.82, 2.24) is 9.80 Å². The average molecular weight is 334 g/mol. The fraction of sp³-hybridized carbons (Fsp3) is 0.462. The lowest BCUT2D eigenvalue weighted by atomic mass is 10.2. The summed E-state index contributed by atoms with van der Waals surface area (Å²) < 4.78 is 0. The van der Waals surface area contributed by atoms with Gasteiger partial charge < -0.3 is 10.2 Å². The highest BCUT2D eigenvalue weighted by molar-refractivity contribution is 6.73. The van der Waals surface area contributed by atoms with Gasteiger partial charge in [0, 0.05) is 31.2 Å². The molecule has 1 saturated heterocycles. The molecule has 1 atom stereocenters. The molecule has 1 aromatic carbocycles. The Balaban J connectivity index is 1.91. The molecule has 0 saturated carbocycles. The van der Waals surface area contributed by atoms with E-state index < -0.39 is 5.12 Å². The standard InChI is InChI=1S/C13H15Cl3N4/c1-19-4-6-20(7-5-19)13(16)12(15)17-10-3-2-9(14)8-11(10)18-13/h2-3,8,18H,4-7H2,1H3. The third-order valence-corrected chi connectivity index (χ3v) is 4.89. The zero-order valence-electron chi connectivity index (χ0n) is 11.0. The summed E-state index contributed by atoms with van der Waals surface area (Å²) in [5.74, 6) is 0. The maximum absolute atomic E-state index is 6.72. The van der Waals surface area contributed by atoms with Crippen molar-refractivity contribution in [2.75, 3.05) is 38.5 Å². The predicted octanol–water partition coefficient (Wildman–Crippen LogP) is 3.17. The summed E-state index contributed by atoms with van der Waals surface area (Å²) >= 11 is 19.1. The predicted molar refractivity (Wildman–Crippen MR) is 85.7 cm³/mol. The van der Waals surface area contributed by atoms with Crippen LogP contribution in [0.4, 0.5) is 11.4 Å². The number of hydrogen-bond donors (Lipinski definition) is 1. The molecule has 3 rings (SSSR count). The van der Waals surface area contributed by atoms with Gasteiger partial charge >= 0.3 is 0 Å². The number of halogens is 3. The SMILES string of the molecule is CN1CCN(C2(Cl)Nc3cc(Cl)ccc3N=C2Cl)CC1. The van der Waals surface area contributed by atoms with E-state index in [1.807, 2.05) is 12.1 Å². The third-order valence-electron chi connectivity index (χ3n) is 3.69. The first-order chi connectivity index (χ1) is 9.49. The fourth-order valence-electron chi connectivity index (χ4n) is 2.44. The Morgan fingerprint density at radius 1 is 1.20 bits per heavy atom. The zero-order chi connectivity index (χ0) is 14.3. The molecule has 0 bridgehead atoms. The van der Waals surface area contributed by atoms with E-state index in [9.17, 15) is 0 Å². The molecule has 2 heterocycles. The Labute approximate surface area is 133 Å². The Bertz CT molecular complexity index is 555. The van der Waals surface area contributed by atoms with Crippen LogP contribution < -0.4 is 5.32 Å². The van der Waals surface area contributed by atoms with Gasteiger partial charge in [-0.15, -0.1) is 0 Å². The summed E-state index contributed by atoms with van der Waals surface area (Å²) in [6.45, 7) is 3.55. The van der Waals surface area contributed by atoms with Gasteiger partial charge in [-0.05, 0) is 25.2 Å². The number of piperazine rings is 1. The fourth-order valence-corrected chi connectivity index (χ4v) is 3.18. The second-order valence-electron chi connectivity index (χ2n) is 5.10. The van der Waals surface area contributed by atoms with Gasteiger partial charge in [0.05, 0.1) is 11.4 Å². The van der Waals surface area contributed by atoms with Crippen molar-refractivity contribution in [3.63, 3.8) is 0 Å². The molecule has 2 aliphatic rings. The molecule has 4 nitrogen and oxygen atoms in total. The second kappa shape index (κ2) is 5.35. The molecule has 0 radical (unpaired) electrons. The van der Waals surface area contributed by atoms with Crippen LogP contribution in [0.3, 0.4) is 0 Å². The van der Waals surface area contributed by atoms with Crippen LogP contribution in [0.1, 0.15) is 0 Å². The van der Waals surface area contributed by atoms with E-state index in [-0.39, 0.29) is 0 Å². The average Bonchev–Trinajstić information content (AvgIpc) is 2.41. The summed E-state index contributed by atoms with van der Waals surface area (Å²) in [6, 6.07) is 5.43. The second-order valence-corrected chi connectivity index (χ2v) is 6.44. The van der Waals surface area contributed by atoms with Crippen LogP contribution in [0.5, 0.6) is 0 Å². The number of aliphatic imine (C=N–C) groups is 1. The zero-order valence-corrected chi connectivity index (χ0v) is 13.3. The van der Waals surface area contributed by atoms with Gasteiger partial charge in [-0.2, -0.15) is 0 Å². The van der Waals surface area contributed by atoms with Crippen LogP contribution >= 0.6 is 34.8 Å². The molecule has 0 aliphatic carbocycles. The van der Waals surface area contributed by atoms with Crippen LogP contribution in [0, 0.1) is 0 Å². The maximum atomic E-state index is 6.72. The number of rotatable bonds is 1. The van der Waals surface area contributed by atoms with Crippen LogP contribution in [0.15, 0.2) is 23.2 Å². The Hall–Kier alpha value is -0.520.